The molecule has 1 saturated heterocycles. The zero-order valence-corrected chi connectivity index (χ0v) is 12.7. The Labute approximate surface area is 135 Å². The fourth-order valence-electron chi connectivity index (χ4n) is 1.77. The molecule has 0 saturated carbocycles. The molecule has 0 radical (unpaired) electrons. The van der Waals surface area contributed by atoms with E-state index in [1.165, 1.54) is 24.3 Å². The molecule has 2 rings (SSSR count). The summed E-state index contributed by atoms with van der Waals surface area (Å²) in [5.74, 6) is -1.95. The maximum atomic E-state index is 11.7. The Morgan fingerprint density at radius 3 is 2.48 bits per heavy atom. The molecule has 1 aromatic carbocycles. The van der Waals surface area contributed by atoms with Gasteiger partial charge in [-0.15, -0.1) is 0 Å². The lowest BCUT2D eigenvalue weighted by molar-refractivity contribution is -0.136. The van der Waals surface area contributed by atoms with Crippen molar-refractivity contribution in [3.05, 3.63) is 29.8 Å². The highest BCUT2D eigenvalue weighted by Gasteiger charge is 2.29. The summed E-state index contributed by atoms with van der Waals surface area (Å²) < 4.78 is 0. The second-order valence-corrected chi connectivity index (χ2v) is 5.43. The number of hydrogen-bond donors (Lipinski definition) is 2. The van der Waals surface area contributed by atoms with E-state index >= 15 is 0 Å². The summed E-state index contributed by atoms with van der Waals surface area (Å²) in [7, 11) is 0. The number of rotatable bonds is 4. The topological polar surface area (TPSA) is 119 Å². The smallest absolute Gasteiger partial charge is 0.313 e. The lowest BCUT2D eigenvalue weighted by Gasteiger charge is -2.13. The van der Waals surface area contributed by atoms with Crippen LogP contribution < -0.4 is 10.6 Å². The molecule has 0 aromatic heterocycles. The number of thioether (sulfide) groups is 1. The van der Waals surface area contributed by atoms with Gasteiger partial charge in [-0.25, -0.2) is 0 Å². The Hall–Kier alpha value is -2.86. The summed E-state index contributed by atoms with van der Waals surface area (Å²) in [4.78, 5) is 47.1. The van der Waals surface area contributed by atoms with Crippen molar-refractivity contribution in [3.8, 4) is 6.07 Å². The van der Waals surface area contributed by atoms with Gasteiger partial charge in [0.1, 0.15) is 0 Å². The van der Waals surface area contributed by atoms with Gasteiger partial charge in [0, 0.05) is 18.8 Å². The van der Waals surface area contributed by atoms with Gasteiger partial charge in [-0.05, 0) is 24.3 Å². The summed E-state index contributed by atoms with van der Waals surface area (Å²) in [6, 6.07) is 7.96. The van der Waals surface area contributed by atoms with Crippen LogP contribution in [0.15, 0.2) is 24.3 Å². The second kappa shape index (κ2) is 7.42. The highest BCUT2D eigenvalue weighted by Crippen LogP contribution is 2.17. The molecule has 1 aliphatic heterocycles. The van der Waals surface area contributed by atoms with Gasteiger partial charge in [-0.3, -0.25) is 24.1 Å². The Morgan fingerprint density at radius 1 is 1.22 bits per heavy atom. The van der Waals surface area contributed by atoms with E-state index in [2.05, 4.69) is 10.6 Å². The number of carbonyl (C=O) groups is 4. The number of nitrogens with one attached hydrogen (secondary N) is 2. The van der Waals surface area contributed by atoms with Gasteiger partial charge >= 0.3 is 11.8 Å². The average Bonchev–Trinajstić information content (AvgIpc) is 2.87. The van der Waals surface area contributed by atoms with Crippen LogP contribution in [0.3, 0.4) is 0 Å². The number of nitrogens with zero attached hydrogens (tertiary/aromatic N) is 2. The van der Waals surface area contributed by atoms with Gasteiger partial charge in [0.05, 0.1) is 17.4 Å². The van der Waals surface area contributed by atoms with E-state index in [4.69, 9.17) is 5.26 Å². The summed E-state index contributed by atoms with van der Waals surface area (Å²) in [5.41, 5.74) is 0.815. The lowest BCUT2D eigenvalue weighted by atomic mass is 10.2. The molecule has 1 fully saturated rings. The van der Waals surface area contributed by atoms with Gasteiger partial charge in [-0.1, -0.05) is 11.8 Å². The molecule has 1 aromatic rings. The third kappa shape index (κ3) is 4.31. The minimum atomic E-state index is -0.874. The first-order valence-electron chi connectivity index (χ1n) is 6.57. The molecule has 0 bridgehead atoms. The van der Waals surface area contributed by atoms with Gasteiger partial charge in [0.15, 0.2) is 0 Å². The van der Waals surface area contributed by atoms with Crippen LogP contribution in [0.2, 0.25) is 0 Å². The van der Waals surface area contributed by atoms with E-state index in [0.717, 1.165) is 16.7 Å². The summed E-state index contributed by atoms with van der Waals surface area (Å²) in [6.07, 6.45) is 0. The minimum Gasteiger partial charge on any atom is -0.346 e. The third-order valence-corrected chi connectivity index (χ3v) is 3.80. The number of imide groups is 1. The number of hydrogen-bond acceptors (Lipinski definition) is 6. The van der Waals surface area contributed by atoms with Gasteiger partial charge in [0.2, 0.25) is 5.91 Å². The molecular weight excluding hydrogens is 320 g/mol. The van der Waals surface area contributed by atoms with E-state index in [0.29, 0.717) is 11.3 Å². The fraction of sp³-hybridized carbons (Fsp3) is 0.214. The molecule has 1 heterocycles. The zero-order valence-electron chi connectivity index (χ0n) is 11.9. The Balaban J connectivity index is 1.78. The largest absolute Gasteiger partial charge is 0.346 e. The quantitative estimate of drug-likeness (QED) is 0.766. The molecule has 0 atom stereocenters. The maximum Gasteiger partial charge on any atom is 0.313 e. The SMILES string of the molecule is N#Cc1ccc(NC(=O)C(=O)NCCN2C(=O)CSC2=O)cc1. The molecule has 0 unspecified atom stereocenters. The number of anilines is 1. The standard InChI is InChI=1S/C14H12N4O4S/c15-7-9-1-3-10(4-2-9)17-13(21)12(20)16-5-6-18-11(19)8-23-14(18)22/h1-4H,5-6,8H2,(H,16,20)(H,17,21). The number of carbonyl (C=O) groups excluding carboxylic acids is 4. The summed E-state index contributed by atoms with van der Waals surface area (Å²) in [5, 5.41) is 13.0. The molecule has 8 nitrogen and oxygen atoms in total. The van der Waals surface area contributed by atoms with Gasteiger partial charge in [0.25, 0.3) is 5.24 Å². The van der Waals surface area contributed by atoms with Crippen LogP contribution in [0.4, 0.5) is 10.5 Å². The van der Waals surface area contributed by atoms with Gasteiger partial charge in [-0.2, -0.15) is 5.26 Å². The third-order valence-electron chi connectivity index (χ3n) is 2.94. The zero-order chi connectivity index (χ0) is 16.8. The predicted molar refractivity (Wildman–Crippen MR) is 82.4 cm³/mol. The number of benzene rings is 1. The van der Waals surface area contributed by atoms with Crippen molar-refractivity contribution < 1.29 is 19.2 Å². The summed E-state index contributed by atoms with van der Waals surface area (Å²) >= 11 is 0.906. The van der Waals surface area contributed by atoms with Crippen LogP contribution >= 0.6 is 11.8 Å². The monoisotopic (exact) mass is 332 g/mol. The van der Waals surface area contributed by atoms with Crippen molar-refractivity contribution in [3.63, 3.8) is 0 Å². The number of amides is 4. The molecular formula is C14H12N4O4S. The van der Waals surface area contributed by atoms with Crippen molar-refractivity contribution in [2.24, 2.45) is 0 Å². The second-order valence-electron chi connectivity index (χ2n) is 4.50. The van der Waals surface area contributed by atoms with Crippen LogP contribution in [0.25, 0.3) is 0 Å². The number of nitriles is 1. The first-order chi connectivity index (χ1) is 11.0. The van der Waals surface area contributed by atoms with Crippen LogP contribution in [0.1, 0.15) is 5.56 Å². The van der Waals surface area contributed by atoms with Crippen molar-refractivity contribution in [1.29, 1.82) is 5.26 Å². The minimum absolute atomic E-state index is 0.00232. The van der Waals surface area contributed by atoms with Crippen LogP contribution in [-0.2, 0) is 14.4 Å². The molecule has 9 heteroatoms. The van der Waals surface area contributed by atoms with Crippen molar-refractivity contribution in [1.82, 2.24) is 10.2 Å². The highest BCUT2D eigenvalue weighted by atomic mass is 32.2. The Morgan fingerprint density at radius 2 is 1.91 bits per heavy atom. The summed E-state index contributed by atoms with van der Waals surface area (Å²) in [6.45, 7) is 0.0260. The van der Waals surface area contributed by atoms with Crippen molar-refractivity contribution in [2.75, 3.05) is 24.2 Å². The van der Waals surface area contributed by atoms with Crippen molar-refractivity contribution >= 4 is 40.4 Å². The molecule has 0 spiro atoms. The molecule has 1 aliphatic rings. The highest BCUT2D eigenvalue weighted by molar-refractivity contribution is 8.14. The van der Waals surface area contributed by atoms with E-state index in [1.807, 2.05) is 6.07 Å². The maximum absolute atomic E-state index is 11.7. The fourth-order valence-corrected chi connectivity index (χ4v) is 2.53. The molecule has 0 aliphatic carbocycles. The molecule has 4 amide bonds. The van der Waals surface area contributed by atoms with Crippen LogP contribution in [0, 0.1) is 11.3 Å². The normalized spacial score (nSPS) is 13.6. The lowest BCUT2D eigenvalue weighted by Crippen LogP contribution is -2.41. The van der Waals surface area contributed by atoms with E-state index in [9.17, 15) is 19.2 Å². The molecule has 2 N–H and O–H groups in total. The first-order valence-corrected chi connectivity index (χ1v) is 7.56. The van der Waals surface area contributed by atoms with E-state index in [-0.39, 0.29) is 30.0 Å². The van der Waals surface area contributed by atoms with Gasteiger partial charge < -0.3 is 10.6 Å². The van der Waals surface area contributed by atoms with Crippen LogP contribution in [0.5, 0.6) is 0 Å². The average molecular weight is 332 g/mol. The Bertz CT molecular complexity index is 680. The Kier molecular flexibility index (Phi) is 5.32. The van der Waals surface area contributed by atoms with E-state index < -0.39 is 11.8 Å². The molecule has 23 heavy (non-hydrogen) atoms. The van der Waals surface area contributed by atoms with Crippen LogP contribution in [-0.4, -0.2) is 46.7 Å². The van der Waals surface area contributed by atoms with Crippen molar-refractivity contribution in [2.45, 2.75) is 0 Å². The predicted octanol–water partition coefficient (Wildman–Crippen LogP) is 0.308. The molecule has 118 valence electrons. The first kappa shape index (κ1) is 16.5. The van der Waals surface area contributed by atoms with E-state index in [1.54, 1.807) is 0 Å².